The molecule has 10 nitrogen and oxygen atoms in total. The van der Waals surface area contributed by atoms with Crippen LogP contribution in [-0.2, 0) is 26.0 Å². The number of rotatable bonds is 5. The Kier molecular flexibility index (Phi) is 4.39. The summed E-state index contributed by atoms with van der Waals surface area (Å²) in [4.78, 5) is 29.9. The van der Waals surface area contributed by atoms with Crippen molar-refractivity contribution in [1.29, 1.82) is 0 Å². The van der Waals surface area contributed by atoms with Crippen LogP contribution in [0.25, 0.3) is 0 Å². The fraction of sp³-hybridized carbons (Fsp3) is 0.462. The van der Waals surface area contributed by atoms with Crippen LogP contribution in [0.15, 0.2) is 24.4 Å². The maximum Gasteiger partial charge on any atom is 0.418 e. The lowest BCUT2D eigenvalue weighted by atomic mass is 10.0. The maximum atomic E-state index is 12.3. The molecular formula is C13H16N4O6S. The maximum absolute atomic E-state index is 12.3. The average Bonchev–Trinajstić information content (AvgIpc) is 2.77. The second kappa shape index (κ2) is 6.34. The van der Waals surface area contributed by atoms with E-state index < -0.39 is 28.5 Å². The van der Waals surface area contributed by atoms with E-state index in [-0.39, 0.29) is 19.0 Å². The number of hydrogen-bond donors (Lipinski definition) is 2. The third-order valence-corrected chi connectivity index (χ3v) is 4.32. The Morgan fingerprint density at radius 2 is 2.21 bits per heavy atom. The number of hydrogen-bond acceptors (Lipinski definition) is 6. The molecule has 2 atom stereocenters. The molecule has 2 aliphatic rings. The van der Waals surface area contributed by atoms with Crippen molar-refractivity contribution in [2.24, 2.45) is 0 Å². The van der Waals surface area contributed by atoms with Crippen LogP contribution in [0, 0.1) is 0 Å². The van der Waals surface area contributed by atoms with E-state index in [0.717, 1.165) is 0 Å². The highest BCUT2D eigenvalue weighted by molar-refractivity contribution is 7.80. The predicted molar refractivity (Wildman–Crippen MR) is 79.5 cm³/mol. The van der Waals surface area contributed by atoms with Gasteiger partial charge in [0.2, 0.25) is 5.91 Å². The lowest BCUT2D eigenvalue weighted by molar-refractivity contribution is -0.126. The first kappa shape index (κ1) is 16.6. The summed E-state index contributed by atoms with van der Waals surface area (Å²) in [5, 5.41) is 3.33. The number of nitrogens with zero attached hydrogens (tertiary/aromatic N) is 3. The quantitative estimate of drug-likeness (QED) is 0.693. The predicted octanol–water partition coefficient (Wildman–Crippen LogP) is -0.299. The molecule has 1 aromatic heterocycles. The van der Waals surface area contributed by atoms with Gasteiger partial charge < -0.3 is 10.2 Å². The van der Waals surface area contributed by atoms with Crippen molar-refractivity contribution >= 4 is 22.3 Å². The van der Waals surface area contributed by atoms with E-state index in [4.69, 9.17) is 4.55 Å². The van der Waals surface area contributed by atoms with Gasteiger partial charge in [-0.1, -0.05) is 6.07 Å². The number of fused-ring (bicyclic) bond motifs is 2. The van der Waals surface area contributed by atoms with E-state index in [1.165, 1.54) is 4.90 Å². The normalized spacial score (nSPS) is 23.5. The molecule has 0 radical (unpaired) electrons. The third-order valence-electron chi connectivity index (χ3n) is 3.97. The Hall–Kier alpha value is -2.24. The van der Waals surface area contributed by atoms with Gasteiger partial charge in [0, 0.05) is 12.7 Å². The standard InChI is InChI=1S/C13H16N4O6S/c18-12(15-7-9-3-1-2-6-14-9)11-5-4-10-8-16(11)13(19)17(10)23-24(20,21)22/h1-3,6,10-11H,4-5,7-8H2,(H,15,18)(H,20,21,22)/t10-,11?/m1/s1. The van der Waals surface area contributed by atoms with Crippen LogP contribution in [-0.4, -0.2) is 58.5 Å². The number of aromatic nitrogens is 1. The highest BCUT2D eigenvalue weighted by atomic mass is 32.3. The summed E-state index contributed by atoms with van der Waals surface area (Å²) in [5.41, 5.74) is 0.684. The van der Waals surface area contributed by atoms with Crippen LogP contribution in [0.3, 0.4) is 0 Å². The number of piperidine rings is 1. The minimum atomic E-state index is -4.79. The van der Waals surface area contributed by atoms with Gasteiger partial charge in [-0.05, 0) is 25.0 Å². The molecular weight excluding hydrogens is 340 g/mol. The summed E-state index contributed by atoms with van der Waals surface area (Å²) >= 11 is 0. The Morgan fingerprint density at radius 1 is 1.42 bits per heavy atom. The molecule has 1 unspecified atom stereocenters. The van der Waals surface area contributed by atoms with Gasteiger partial charge in [0.1, 0.15) is 6.04 Å². The van der Waals surface area contributed by atoms with Crippen molar-refractivity contribution < 1.29 is 26.8 Å². The molecule has 3 heterocycles. The van der Waals surface area contributed by atoms with Crippen LogP contribution in [0.5, 0.6) is 0 Å². The molecule has 0 saturated carbocycles. The zero-order chi connectivity index (χ0) is 17.3. The van der Waals surface area contributed by atoms with Gasteiger partial charge in [0.15, 0.2) is 0 Å². The van der Waals surface area contributed by atoms with Crippen molar-refractivity contribution in [2.45, 2.75) is 31.5 Å². The van der Waals surface area contributed by atoms with E-state index in [1.54, 1.807) is 24.4 Å². The zero-order valence-corrected chi connectivity index (χ0v) is 13.3. The molecule has 130 valence electrons. The molecule has 2 aliphatic heterocycles. The van der Waals surface area contributed by atoms with Crippen LogP contribution in [0.1, 0.15) is 18.5 Å². The van der Waals surface area contributed by atoms with Crippen molar-refractivity contribution in [3.63, 3.8) is 0 Å². The van der Waals surface area contributed by atoms with Gasteiger partial charge in [-0.15, -0.1) is 4.28 Å². The first-order chi connectivity index (χ1) is 11.3. The highest BCUT2D eigenvalue weighted by Crippen LogP contribution is 2.30. The lowest BCUT2D eigenvalue weighted by Gasteiger charge is -2.29. The minimum absolute atomic E-state index is 0.163. The fourth-order valence-corrected chi connectivity index (χ4v) is 3.29. The van der Waals surface area contributed by atoms with E-state index >= 15 is 0 Å². The topological polar surface area (TPSA) is 129 Å². The second-order valence-corrected chi connectivity index (χ2v) is 6.55. The SMILES string of the molecule is O=C(NCc1ccccn1)C1CC[C@@H]2CN1C(=O)N2OS(=O)(=O)O. The molecule has 3 rings (SSSR count). The van der Waals surface area contributed by atoms with Crippen molar-refractivity contribution in [1.82, 2.24) is 20.3 Å². The molecule has 11 heteroatoms. The second-order valence-electron chi connectivity index (χ2n) is 5.55. The molecule has 0 aliphatic carbocycles. The van der Waals surface area contributed by atoms with Crippen LogP contribution < -0.4 is 5.32 Å². The fourth-order valence-electron chi connectivity index (χ4n) is 2.90. The first-order valence-electron chi connectivity index (χ1n) is 7.29. The summed E-state index contributed by atoms with van der Waals surface area (Å²) in [7, 11) is -4.79. The van der Waals surface area contributed by atoms with Gasteiger partial charge in [0.25, 0.3) is 0 Å². The number of hydroxylamine groups is 2. The number of nitrogens with one attached hydrogen (secondary N) is 1. The third kappa shape index (κ3) is 3.47. The van der Waals surface area contributed by atoms with Crippen molar-refractivity contribution in [3.05, 3.63) is 30.1 Å². The van der Waals surface area contributed by atoms with Gasteiger partial charge in [-0.3, -0.25) is 14.3 Å². The van der Waals surface area contributed by atoms with Crippen LogP contribution in [0.4, 0.5) is 4.79 Å². The Labute approximate surface area is 138 Å². The van der Waals surface area contributed by atoms with E-state index in [1.807, 2.05) is 0 Å². The number of pyridine rings is 1. The Morgan fingerprint density at radius 3 is 2.88 bits per heavy atom. The van der Waals surface area contributed by atoms with Gasteiger partial charge in [0.05, 0.1) is 18.3 Å². The van der Waals surface area contributed by atoms with Crippen molar-refractivity contribution in [3.8, 4) is 0 Å². The molecule has 0 aromatic carbocycles. The summed E-state index contributed by atoms with van der Waals surface area (Å²) in [6.45, 7) is 0.392. The number of urea groups is 1. The van der Waals surface area contributed by atoms with Gasteiger partial charge in [-0.25, -0.2) is 4.79 Å². The number of amides is 3. The van der Waals surface area contributed by atoms with Crippen LogP contribution in [0.2, 0.25) is 0 Å². The summed E-state index contributed by atoms with van der Waals surface area (Å²) in [6.07, 6.45) is 2.37. The Bertz CT molecular complexity index is 740. The summed E-state index contributed by atoms with van der Waals surface area (Å²) in [5.74, 6) is -0.346. The first-order valence-corrected chi connectivity index (χ1v) is 8.66. The van der Waals surface area contributed by atoms with E-state index in [2.05, 4.69) is 14.6 Å². The van der Waals surface area contributed by atoms with E-state index in [9.17, 15) is 18.0 Å². The molecule has 3 amide bonds. The lowest BCUT2D eigenvalue weighted by Crippen LogP contribution is -2.49. The smallest absolute Gasteiger partial charge is 0.349 e. The number of carbonyl (C=O) groups excluding carboxylic acids is 2. The van der Waals surface area contributed by atoms with Gasteiger partial charge in [-0.2, -0.15) is 13.5 Å². The minimum Gasteiger partial charge on any atom is -0.349 e. The van der Waals surface area contributed by atoms with Crippen molar-refractivity contribution in [2.75, 3.05) is 6.54 Å². The van der Waals surface area contributed by atoms with Gasteiger partial charge >= 0.3 is 16.4 Å². The highest BCUT2D eigenvalue weighted by Gasteiger charge is 2.49. The average molecular weight is 356 g/mol. The molecule has 2 saturated heterocycles. The monoisotopic (exact) mass is 356 g/mol. The van der Waals surface area contributed by atoms with E-state index in [0.29, 0.717) is 23.6 Å². The molecule has 1 aromatic rings. The summed E-state index contributed by atoms with van der Waals surface area (Å²) in [6, 6.07) is 3.34. The zero-order valence-electron chi connectivity index (χ0n) is 12.5. The summed E-state index contributed by atoms with van der Waals surface area (Å²) < 4.78 is 34.7. The molecule has 2 fully saturated rings. The molecule has 0 spiro atoms. The molecule has 24 heavy (non-hydrogen) atoms. The largest absolute Gasteiger partial charge is 0.418 e. The Balaban J connectivity index is 1.64. The van der Waals surface area contributed by atoms with Crippen LogP contribution >= 0.6 is 0 Å². The molecule has 2 N–H and O–H groups in total. The molecule has 2 bridgehead atoms. The number of carbonyl (C=O) groups is 2.